The molecule has 0 amide bonds. The minimum absolute atomic E-state index is 0.174. The van der Waals surface area contributed by atoms with Crippen LogP contribution in [0.15, 0.2) is 36.0 Å². The van der Waals surface area contributed by atoms with Gasteiger partial charge in [0.05, 0.1) is 18.8 Å². The first-order valence-corrected chi connectivity index (χ1v) is 27.1. The first-order chi connectivity index (χ1) is 29.7. The van der Waals surface area contributed by atoms with Crippen LogP contribution in [-0.4, -0.2) is 64.2 Å². The summed E-state index contributed by atoms with van der Waals surface area (Å²) in [4.78, 5) is 2.23. The summed E-state index contributed by atoms with van der Waals surface area (Å²) < 4.78 is 19.0. The van der Waals surface area contributed by atoms with Gasteiger partial charge in [0.15, 0.2) is 0 Å². The van der Waals surface area contributed by atoms with E-state index in [1.54, 1.807) is 5.57 Å². The number of hydrogen-bond donors (Lipinski definition) is 0. The monoisotopic (exact) mass is 850 g/mol. The third kappa shape index (κ3) is 18.8. The Morgan fingerprint density at radius 3 is 2.08 bits per heavy atom. The predicted molar refractivity (Wildman–Crippen MR) is 264 cm³/mol. The van der Waals surface area contributed by atoms with Gasteiger partial charge in [0.1, 0.15) is 0 Å². The Hall–Kier alpha value is -0.940. The smallest absolute Gasteiger partial charge is 0.0934 e. The van der Waals surface area contributed by atoms with E-state index in [0.29, 0.717) is 16.9 Å². The molecular weight excluding hydrogens is 747 g/mol. The minimum Gasteiger partial charge on any atom is -0.379 e. The fourth-order valence-corrected chi connectivity index (χ4v) is 12.7. The van der Waals surface area contributed by atoms with Crippen molar-refractivity contribution in [2.45, 2.75) is 239 Å². The molecule has 0 radical (unpaired) electrons. The van der Waals surface area contributed by atoms with Gasteiger partial charge in [0, 0.05) is 26.4 Å². The van der Waals surface area contributed by atoms with Gasteiger partial charge in [-0.3, -0.25) is 0 Å². The third-order valence-corrected chi connectivity index (χ3v) is 16.4. The highest BCUT2D eigenvalue weighted by Gasteiger charge is 2.58. The summed E-state index contributed by atoms with van der Waals surface area (Å²) >= 11 is 0. The zero-order valence-electron chi connectivity index (χ0n) is 41.8. The van der Waals surface area contributed by atoms with Crippen LogP contribution in [0.2, 0.25) is 0 Å². The van der Waals surface area contributed by atoms with Crippen LogP contribution in [0.1, 0.15) is 227 Å². The SMILES string of the molecule is CCCCC/C=C\C/C=C\CCCCCCCCOCC(CN(C)C)OCCCCCCCCOC1CC[C@@]2(C)C(=CC[C@@H]3[C@@H]2CC[C@]2(C)C(CCCCC(C)C)CC[C@@H]32)C1. The van der Waals surface area contributed by atoms with Crippen molar-refractivity contribution in [1.82, 2.24) is 4.90 Å². The van der Waals surface area contributed by atoms with E-state index in [0.717, 1.165) is 75.4 Å². The molecule has 4 nitrogen and oxygen atoms in total. The van der Waals surface area contributed by atoms with E-state index in [4.69, 9.17) is 14.2 Å². The summed E-state index contributed by atoms with van der Waals surface area (Å²) in [5.74, 6) is 4.67. The lowest BCUT2D eigenvalue weighted by molar-refractivity contribution is -0.0589. The molecule has 354 valence electrons. The van der Waals surface area contributed by atoms with Crippen LogP contribution < -0.4 is 0 Å². The topological polar surface area (TPSA) is 30.9 Å². The highest BCUT2D eigenvalue weighted by atomic mass is 16.5. The second-order valence-corrected chi connectivity index (χ2v) is 22.0. The first kappa shape index (κ1) is 52.7. The van der Waals surface area contributed by atoms with Crippen LogP contribution in [0.4, 0.5) is 0 Å². The van der Waals surface area contributed by atoms with Gasteiger partial charge in [-0.1, -0.05) is 154 Å². The molecule has 4 aliphatic rings. The molecule has 0 saturated heterocycles. The van der Waals surface area contributed by atoms with E-state index in [1.807, 2.05) is 0 Å². The Kier molecular flexibility index (Phi) is 26.2. The summed E-state index contributed by atoms with van der Waals surface area (Å²) in [5, 5.41) is 0. The number of hydrogen-bond acceptors (Lipinski definition) is 4. The molecule has 3 saturated carbocycles. The number of allylic oxidation sites excluding steroid dienone is 5. The summed E-state index contributed by atoms with van der Waals surface area (Å²) in [5.41, 5.74) is 2.83. The first-order valence-electron chi connectivity index (χ1n) is 27.1. The predicted octanol–water partition coefficient (Wildman–Crippen LogP) is 16.3. The van der Waals surface area contributed by atoms with E-state index in [-0.39, 0.29) is 6.10 Å². The molecule has 0 aromatic rings. The zero-order chi connectivity index (χ0) is 43.6. The quantitative estimate of drug-likeness (QED) is 0.0470. The van der Waals surface area contributed by atoms with Crippen LogP contribution in [0.3, 0.4) is 0 Å². The molecule has 0 aromatic carbocycles. The normalized spacial score (nSPS) is 28.2. The van der Waals surface area contributed by atoms with Crippen molar-refractivity contribution < 1.29 is 14.2 Å². The summed E-state index contributed by atoms with van der Waals surface area (Å²) in [6, 6.07) is 0. The van der Waals surface area contributed by atoms with E-state index in [2.05, 4.69) is 84.0 Å². The maximum atomic E-state index is 6.60. The maximum absolute atomic E-state index is 6.60. The zero-order valence-corrected chi connectivity index (χ0v) is 41.8. The summed E-state index contributed by atoms with van der Waals surface area (Å²) in [7, 11) is 4.28. The molecule has 0 heterocycles. The van der Waals surface area contributed by atoms with Gasteiger partial charge >= 0.3 is 0 Å². The Bertz CT molecular complexity index is 1210. The Balaban J connectivity index is 0.968. The number of rotatable bonds is 35. The molecule has 4 heteroatoms. The Labute approximate surface area is 380 Å². The number of nitrogens with zero attached hydrogens (tertiary/aromatic N) is 1. The molecule has 4 rings (SSSR count). The average Bonchev–Trinajstić information content (AvgIpc) is 3.58. The van der Waals surface area contributed by atoms with Gasteiger partial charge in [0.2, 0.25) is 0 Å². The lowest BCUT2D eigenvalue weighted by Crippen LogP contribution is -2.50. The average molecular weight is 850 g/mol. The van der Waals surface area contributed by atoms with Crippen LogP contribution in [0, 0.1) is 40.4 Å². The van der Waals surface area contributed by atoms with Crippen LogP contribution in [0.25, 0.3) is 0 Å². The molecule has 3 fully saturated rings. The van der Waals surface area contributed by atoms with E-state index < -0.39 is 0 Å². The van der Waals surface area contributed by atoms with E-state index >= 15 is 0 Å². The van der Waals surface area contributed by atoms with Crippen molar-refractivity contribution in [3.8, 4) is 0 Å². The summed E-state index contributed by atoms with van der Waals surface area (Å²) in [6.07, 6.45) is 52.7. The van der Waals surface area contributed by atoms with Crippen LogP contribution in [-0.2, 0) is 14.2 Å². The van der Waals surface area contributed by atoms with Crippen LogP contribution >= 0.6 is 0 Å². The molecule has 0 aliphatic heterocycles. The molecule has 0 spiro atoms. The van der Waals surface area contributed by atoms with Gasteiger partial charge in [-0.25, -0.2) is 0 Å². The standard InChI is InChI=1S/C57H103NO3/c1-8-9-10-11-12-13-14-15-16-17-18-19-20-21-24-29-42-59-47-52(46-58(6)7)61-44-31-26-23-22-25-30-43-60-51-38-40-57(5)50(45-51)34-36-53-54-37-35-49(33-28-27-32-48(2)3)56(54,4)41-39-55(53)57/h12-13,15-16,34,48-49,51-55H,8-11,14,17-33,35-47H2,1-7H3/b13-12-,16-15-/t49?,51?,52?,53-,54-,55-,56+,57-/m0/s1. The lowest BCUT2D eigenvalue weighted by atomic mass is 9.47. The van der Waals surface area contributed by atoms with Crippen molar-refractivity contribution in [2.24, 2.45) is 40.4 Å². The molecular formula is C57H103NO3. The molecule has 61 heavy (non-hydrogen) atoms. The fraction of sp³-hybridized carbons (Fsp3) is 0.895. The van der Waals surface area contributed by atoms with Gasteiger partial charge in [-0.2, -0.15) is 0 Å². The van der Waals surface area contributed by atoms with Gasteiger partial charge in [0.25, 0.3) is 0 Å². The third-order valence-electron chi connectivity index (χ3n) is 16.4. The highest BCUT2D eigenvalue weighted by Crippen LogP contribution is 2.67. The maximum Gasteiger partial charge on any atom is 0.0934 e. The van der Waals surface area contributed by atoms with Crippen molar-refractivity contribution >= 4 is 0 Å². The van der Waals surface area contributed by atoms with Crippen LogP contribution in [0.5, 0.6) is 0 Å². The second-order valence-electron chi connectivity index (χ2n) is 22.0. The second kappa shape index (κ2) is 30.3. The minimum atomic E-state index is 0.174. The molecule has 0 bridgehead atoms. The molecule has 0 aromatic heterocycles. The highest BCUT2D eigenvalue weighted by molar-refractivity contribution is 5.25. The van der Waals surface area contributed by atoms with Crippen molar-refractivity contribution in [2.75, 3.05) is 47.1 Å². The Morgan fingerprint density at radius 2 is 1.38 bits per heavy atom. The molecule has 3 unspecified atom stereocenters. The number of ether oxygens (including phenoxy) is 3. The van der Waals surface area contributed by atoms with E-state index in [1.165, 1.54) is 180 Å². The number of likely N-dealkylation sites (N-methyl/N-ethyl adjacent to an activating group) is 1. The molecule has 8 atom stereocenters. The number of fused-ring (bicyclic) bond motifs is 5. The van der Waals surface area contributed by atoms with Crippen molar-refractivity contribution in [3.63, 3.8) is 0 Å². The van der Waals surface area contributed by atoms with Gasteiger partial charge < -0.3 is 19.1 Å². The fourth-order valence-electron chi connectivity index (χ4n) is 12.7. The Morgan fingerprint density at radius 1 is 0.705 bits per heavy atom. The summed E-state index contributed by atoms with van der Waals surface area (Å²) in [6.45, 7) is 16.8. The van der Waals surface area contributed by atoms with Gasteiger partial charge in [-0.15, -0.1) is 0 Å². The van der Waals surface area contributed by atoms with Gasteiger partial charge in [-0.05, 0) is 164 Å². The van der Waals surface area contributed by atoms with E-state index in [9.17, 15) is 0 Å². The van der Waals surface area contributed by atoms with Crippen molar-refractivity contribution in [1.29, 1.82) is 0 Å². The molecule has 0 N–H and O–H groups in total. The largest absolute Gasteiger partial charge is 0.379 e. The molecule has 4 aliphatic carbocycles. The lowest BCUT2D eigenvalue weighted by Gasteiger charge is -2.58. The number of unbranched alkanes of at least 4 members (excludes halogenated alkanes) is 15. The van der Waals surface area contributed by atoms with Crippen molar-refractivity contribution in [3.05, 3.63) is 36.0 Å².